The monoisotopic (exact) mass is 411 g/mol. The summed E-state index contributed by atoms with van der Waals surface area (Å²) in [6.45, 7) is 2.79. The molecule has 7 nitrogen and oxygen atoms in total. The maximum absolute atomic E-state index is 15.0. The zero-order valence-electron chi connectivity index (χ0n) is 16.2. The maximum Gasteiger partial charge on any atom is 0.407 e. The summed E-state index contributed by atoms with van der Waals surface area (Å²) in [6.07, 6.45) is 3.40. The Balaban J connectivity index is 1.47. The molecule has 1 spiro atoms. The second kappa shape index (κ2) is 6.79. The third kappa shape index (κ3) is 2.97. The number of aromatic amines is 1. The molecule has 0 aliphatic carbocycles. The van der Waals surface area contributed by atoms with Crippen LogP contribution in [0.25, 0.3) is 22.4 Å². The summed E-state index contributed by atoms with van der Waals surface area (Å²) in [7, 11) is 0. The van der Waals surface area contributed by atoms with Crippen LogP contribution in [-0.2, 0) is 4.74 Å². The van der Waals surface area contributed by atoms with Gasteiger partial charge in [0, 0.05) is 48.7 Å². The quantitative estimate of drug-likeness (QED) is 0.690. The van der Waals surface area contributed by atoms with Gasteiger partial charge in [-0.1, -0.05) is 0 Å². The molecule has 9 heteroatoms. The van der Waals surface area contributed by atoms with Crippen molar-refractivity contribution in [3.8, 4) is 22.4 Å². The number of hydrogen-bond donors (Lipinski definition) is 2. The van der Waals surface area contributed by atoms with Gasteiger partial charge in [0.15, 0.2) is 0 Å². The summed E-state index contributed by atoms with van der Waals surface area (Å²) in [6, 6.07) is 6.24. The Kier molecular flexibility index (Phi) is 4.19. The number of amides is 1. The molecule has 0 radical (unpaired) electrons. The van der Waals surface area contributed by atoms with Crippen LogP contribution in [0.1, 0.15) is 12.1 Å². The van der Waals surface area contributed by atoms with Crippen molar-refractivity contribution in [2.24, 2.45) is 0 Å². The number of alkyl carbamates (subject to hydrolysis) is 1. The number of aromatic nitrogens is 3. The number of pyridine rings is 1. The molecule has 3 aromatic rings. The van der Waals surface area contributed by atoms with Crippen molar-refractivity contribution in [1.82, 2.24) is 20.5 Å². The van der Waals surface area contributed by atoms with Gasteiger partial charge in [0.25, 0.3) is 0 Å². The van der Waals surface area contributed by atoms with E-state index in [4.69, 9.17) is 4.74 Å². The van der Waals surface area contributed by atoms with Crippen molar-refractivity contribution in [3.63, 3.8) is 0 Å². The molecule has 154 valence electrons. The number of rotatable bonds is 3. The summed E-state index contributed by atoms with van der Waals surface area (Å²) in [5, 5.41) is 9.98. The number of hydrogen-bond acceptors (Lipinski definition) is 5. The van der Waals surface area contributed by atoms with Crippen molar-refractivity contribution in [2.45, 2.75) is 18.9 Å². The first-order chi connectivity index (χ1) is 14.5. The number of H-pyrrole nitrogens is 1. The van der Waals surface area contributed by atoms with Crippen molar-refractivity contribution in [2.75, 3.05) is 24.6 Å². The van der Waals surface area contributed by atoms with Crippen LogP contribution in [0.3, 0.4) is 0 Å². The average Bonchev–Trinajstić information content (AvgIpc) is 3.08. The number of benzene rings is 1. The highest BCUT2D eigenvalue weighted by atomic mass is 19.1. The topological polar surface area (TPSA) is 83.1 Å². The van der Waals surface area contributed by atoms with Gasteiger partial charge in [-0.3, -0.25) is 10.1 Å². The summed E-state index contributed by atoms with van der Waals surface area (Å²) >= 11 is 0. The predicted molar refractivity (Wildman–Crippen MR) is 106 cm³/mol. The molecule has 2 fully saturated rings. The van der Waals surface area contributed by atoms with Crippen LogP contribution in [-0.4, -0.2) is 46.5 Å². The van der Waals surface area contributed by atoms with Crippen LogP contribution in [0, 0.1) is 18.6 Å². The van der Waals surface area contributed by atoms with E-state index in [1.807, 2.05) is 6.92 Å². The average molecular weight is 411 g/mol. The first-order valence-corrected chi connectivity index (χ1v) is 9.60. The number of aryl methyl sites for hydroxylation is 1. The summed E-state index contributed by atoms with van der Waals surface area (Å²) in [4.78, 5) is 17.1. The van der Waals surface area contributed by atoms with Crippen molar-refractivity contribution >= 4 is 11.8 Å². The predicted octanol–water partition coefficient (Wildman–Crippen LogP) is 3.41. The Hall–Kier alpha value is -3.49. The molecule has 2 aliphatic heterocycles. The Bertz CT molecular complexity index is 1100. The smallest absolute Gasteiger partial charge is 0.407 e. The van der Waals surface area contributed by atoms with E-state index < -0.39 is 23.3 Å². The minimum Gasteiger partial charge on any atom is -0.449 e. The highest BCUT2D eigenvalue weighted by molar-refractivity contribution is 5.83. The molecule has 5 rings (SSSR count). The van der Waals surface area contributed by atoms with Gasteiger partial charge in [0.2, 0.25) is 0 Å². The number of nitrogens with zero attached hydrogens (tertiary/aromatic N) is 3. The second-order valence-corrected chi connectivity index (χ2v) is 7.74. The highest BCUT2D eigenvalue weighted by Gasteiger charge is 2.48. The highest BCUT2D eigenvalue weighted by Crippen LogP contribution is 2.39. The minimum absolute atomic E-state index is 0.0864. The van der Waals surface area contributed by atoms with Crippen LogP contribution < -0.4 is 10.2 Å². The lowest BCUT2D eigenvalue weighted by Crippen LogP contribution is -2.72. The molecule has 0 bridgehead atoms. The van der Waals surface area contributed by atoms with E-state index in [2.05, 4.69) is 20.5 Å². The first kappa shape index (κ1) is 18.5. The largest absolute Gasteiger partial charge is 0.449 e. The molecule has 0 unspecified atom stereocenters. The van der Waals surface area contributed by atoms with Gasteiger partial charge in [-0.05, 0) is 36.8 Å². The van der Waals surface area contributed by atoms with Gasteiger partial charge in [-0.15, -0.1) is 0 Å². The number of ether oxygens (including phenoxy) is 1. The third-order valence-electron chi connectivity index (χ3n) is 5.69. The Morgan fingerprint density at radius 2 is 1.83 bits per heavy atom. The van der Waals surface area contributed by atoms with Crippen molar-refractivity contribution in [3.05, 3.63) is 54.0 Å². The maximum atomic E-state index is 15.0. The van der Waals surface area contributed by atoms with Crippen LogP contribution in [0.4, 0.5) is 19.3 Å². The Morgan fingerprint density at radius 1 is 1.13 bits per heavy atom. The van der Waals surface area contributed by atoms with E-state index in [0.29, 0.717) is 48.6 Å². The summed E-state index contributed by atoms with van der Waals surface area (Å²) in [5.74, 6) is -1.31. The zero-order valence-corrected chi connectivity index (χ0v) is 16.2. The normalized spacial score (nSPS) is 17.4. The fourth-order valence-electron chi connectivity index (χ4n) is 4.25. The number of carbonyl (C=O) groups is 1. The van der Waals surface area contributed by atoms with E-state index in [1.165, 1.54) is 12.1 Å². The second-order valence-electron chi connectivity index (χ2n) is 7.74. The van der Waals surface area contributed by atoms with Gasteiger partial charge in [-0.2, -0.15) is 5.10 Å². The third-order valence-corrected chi connectivity index (χ3v) is 5.69. The molecule has 4 heterocycles. The molecule has 30 heavy (non-hydrogen) atoms. The number of nitrogens with one attached hydrogen (secondary N) is 2. The lowest BCUT2D eigenvalue weighted by atomic mass is 9.85. The zero-order chi connectivity index (χ0) is 20.9. The number of cyclic esters (lactones) is 1. The molecule has 1 aromatic carbocycles. The molecular weight excluding hydrogens is 392 g/mol. The van der Waals surface area contributed by atoms with Crippen LogP contribution in [0.5, 0.6) is 0 Å². The van der Waals surface area contributed by atoms with Gasteiger partial charge in [0.05, 0.1) is 12.1 Å². The van der Waals surface area contributed by atoms with E-state index in [-0.39, 0.29) is 5.69 Å². The van der Waals surface area contributed by atoms with E-state index >= 15 is 8.78 Å². The van der Waals surface area contributed by atoms with E-state index in [0.717, 1.165) is 5.56 Å². The van der Waals surface area contributed by atoms with Crippen molar-refractivity contribution in [1.29, 1.82) is 0 Å². The lowest BCUT2D eigenvalue weighted by molar-refractivity contribution is 0.0751. The molecule has 0 atom stereocenters. The summed E-state index contributed by atoms with van der Waals surface area (Å²) in [5.41, 5.74) is 2.59. The van der Waals surface area contributed by atoms with Gasteiger partial charge < -0.3 is 15.0 Å². The number of anilines is 1. The fraction of sp³-hybridized carbons (Fsp3) is 0.286. The number of halogens is 2. The Labute approximate surface area is 171 Å². The molecule has 0 saturated carbocycles. The first-order valence-electron chi connectivity index (χ1n) is 9.60. The van der Waals surface area contributed by atoms with Gasteiger partial charge in [-0.25, -0.2) is 13.6 Å². The van der Waals surface area contributed by atoms with Crippen molar-refractivity contribution < 1.29 is 18.3 Å². The van der Waals surface area contributed by atoms with E-state index in [9.17, 15) is 4.79 Å². The Morgan fingerprint density at radius 3 is 2.50 bits per heavy atom. The molecule has 1 amide bonds. The van der Waals surface area contributed by atoms with E-state index in [1.54, 1.807) is 29.4 Å². The van der Waals surface area contributed by atoms with Crippen LogP contribution in [0.2, 0.25) is 0 Å². The fourth-order valence-corrected chi connectivity index (χ4v) is 4.25. The number of carbonyl (C=O) groups excluding carboxylic acids is 1. The molecule has 2 saturated heterocycles. The van der Waals surface area contributed by atoms with Gasteiger partial charge >= 0.3 is 6.09 Å². The van der Waals surface area contributed by atoms with Crippen LogP contribution in [0.15, 0.2) is 36.7 Å². The van der Waals surface area contributed by atoms with Gasteiger partial charge in [0.1, 0.15) is 23.0 Å². The summed E-state index contributed by atoms with van der Waals surface area (Å²) < 4.78 is 35.0. The molecule has 2 N–H and O–H groups in total. The standard InChI is InChI=1S/C21H19F2N5O2/c1-12-17(18(27-26-12)13-2-5-24-6-3-13)14-8-15(22)19(16(23)9-14)28-10-21(11-28)4-7-30-20(29)25-21/h2-3,5-6,8-9H,4,7,10-11H2,1H3,(H,25,29)(H,26,27). The molecule has 2 aromatic heterocycles. The van der Waals surface area contributed by atoms with Crippen LogP contribution >= 0.6 is 0 Å². The SMILES string of the molecule is Cc1[nH]nc(-c2ccncc2)c1-c1cc(F)c(N2CC3(CCOC(=O)N3)C2)c(F)c1. The molecule has 2 aliphatic rings. The minimum atomic E-state index is -0.653. The lowest BCUT2D eigenvalue weighted by Gasteiger charge is -2.52. The molecular formula is C21H19F2N5O2.